The number of ether oxygens (including phenoxy) is 1. The molecule has 1 saturated heterocycles. The highest BCUT2D eigenvalue weighted by molar-refractivity contribution is 5.95. The Hall–Kier alpha value is -4.16. The number of rotatable bonds is 3. The highest BCUT2D eigenvalue weighted by Crippen LogP contribution is 2.18. The van der Waals surface area contributed by atoms with Crippen molar-refractivity contribution < 1.29 is 13.9 Å². The molecule has 1 amide bonds. The van der Waals surface area contributed by atoms with E-state index in [1.54, 1.807) is 16.8 Å². The van der Waals surface area contributed by atoms with E-state index >= 15 is 0 Å². The molecule has 1 aliphatic heterocycles. The van der Waals surface area contributed by atoms with Gasteiger partial charge in [-0.15, -0.1) is 0 Å². The number of hydrogen-bond donors (Lipinski definition) is 0. The molecule has 0 unspecified atom stereocenters. The molecule has 1 atom stereocenters. The van der Waals surface area contributed by atoms with E-state index in [4.69, 9.17) is 9.72 Å². The van der Waals surface area contributed by atoms with Crippen LogP contribution in [0, 0.1) is 24.1 Å². The molecule has 0 radical (unpaired) electrons. The van der Waals surface area contributed by atoms with Gasteiger partial charge in [-0.2, -0.15) is 10.3 Å². The molecule has 0 N–H and O–H groups in total. The van der Waals surface area contributed by atoms with Crippen LogP contribution in [0.2, 0.25) is 0 Å². The number of halogens is 1. The molecule has 9 heteroatoms. The Morgan fingerprint density at radius 2 is 2.09 bits per heavy atom. The minimum absolute atomic E-state index is 0.0625. The largest absolute Gasteiger partial charge is 0.376 e. The lowest BCUT2D eigenvalue weighted by Gasteiger charge is -2.17. The van der Waals surface area contributed by atoms with E-state index in [2.05, 4.69) is 11.1 Å². The average Bonchev–Trinajstić information content (AvgIpc) is 3.35. The predicted octanol–water partition coefficient (Wildman–Crippen LogP) is 2.89. The van der Waals surface area contributed by atoms with Gasteiger partial charge in [-0.25, -0.2) is 9.37 Å². The Labute approximate surface area is 193 Å². The summed E-state index contributed by atoms with van der Waals surface area (Å²) in [6.07, 6.45) is 3.14. The average molecular weight is 457 g/mol. The van der Waals surface area contributed by atoms with Crippen molar-refractivity contribution in [1.29, 1.82) is 5.26 Å². The lowest BCUT2D eigenvalue weighted by atomic mass is 10.2. The fourth-order valence-electron chi connectivity index (χ4n) is 4.21. The molecule has 5 rings (SSSR count). The molecular weight excluding hydrogens is 437 g/mol. The molecule has 0 saturated carbocycles. The van der Waals surface area contributed by atoms with Crippen molar-refractivity contribution in [3.63, 3.8) is 0 Å². The van der Waals surface area contributed by atoms with Gasteiger partial charge in [0.05, 0.1) is 23.6 Å². The van der Waals surface area contributed by atoms with Crippen LogP contribution < -0.4 is 11.0 Å². The molecule has 8 nitrogen and oxygen atoms in total. The van der Waals surface area contributed by atoms with Crippen LogP contribution in [0.1, 0.15) is 34.3 Å². The third-order valence-corrected chi connectivity index (χ3v) is 5.93. The van der Waals surface area contributed by atoms with Gasteiger partial charge in [-0.3, -0.25) is 14.0 Å². The van der Waals surface area contributed by atoms with Gasteiger partial charge in [0, 0.05) is 18.4 Å². The standard InChI is InChI=1S/C25H20FN5O3/c1-15-4-2-10-30-21(15)28-23-20(25(30)33)12-17(13-27)22(31(23)14-19-5-3-11-34-19)29-24(32)16-6-8-18(26)9-7-16/h2,4,6-10,12,19H,3,5,11,14H2,1H3/t19-/m0/s1. The van der Waals surface area contributed by atoms with Crippen molar-refractivity contribution in [3.8, 4) is 6.07 Å². The van der Waals surface area contributed by atoms with Crippen LogP contribution in [-0.4, -0.2) is 32.6 Å². The molecule has 3 aromatic heterocycles. The third kappa shape index (κ3) is 3.78. The first-order valence-corrected chi connectivity index (χ1v) is 10.9. The molecule has 1 fully saturated rings. The van der Waals surface area contributed by atoms with Crippen molar-refractivity contribution >= 4 is 22.6 Å². The zero-order valence-corrected chi connectivity index (χ0v) is 18.4. The highest BCUT2D eigenvalue weighted by atomic mass is 19.1. The van der Waals surface area contributed by atoms with Gasteiger partial charge in [-0.05, 0) is 61.7 Å². The minimum atomic E-state index is -0.634. The summed E-state index contributed by atoms with van der Waals surface area (Å²) in [6, 6.07) is 12.1. The number of amides is 1. The number of aryl methyl sites for hydroxylation is 1. The second-order valence-corrected chi connectivity index (χ2v) is 8.20. The summed E-state index contributed by atoms with van der Waals surface area (Å²) in [5.41, 5.74) is 1.60. The fraction of sp³-hybridized carbons (Fsp3) is 0.240. The number of nitrogens with zero attached hydrogens (tertiary/aromatic N) is 5. The molecule has 170 valence electrons. The summed E-state index contributed by atoms with van der Waals surface area (Å²) >= 11 is 0. The number of carbonyl (C=O) groups is 1. The SMILES string of the molecule is Cc1cccn2c(=O)c3cc(C#N)c(=NC(=O)c4ccc(F)cc4)n(C[C@@H]4CCCO4)c3nc12. The van der Waals surface area contributed by atoms with Gasteiger partial charge in [0.25, 0.3) is 11.5 Å². The number of nitriles is 1. The Bertz CT molecular complexity index is 1610. The number of hydrogen-bond acceptors (Lipinski definition) is 5. The van der Waals surface area contributed by atoms with E-state index in [1.165, 1.54) is 34.7 Å². The predicted molar refractivity (Wildman–Crippen MR) is 122 cm³/mol. The van der Waals surface area contributed by atoms with Gasteiger partial charge >= 0.3 is 0 Å². The van der Waals surface area contributed by atoms with Crippen molar-refractivity contribution in [1.82, 2.24) is 14.0 Å². The van der Waals surface area contributed by atoms with Crippen molar-refractivity contribution in [2.75, 3.05) is 6.61 Å². The van der Waals surface area contributed by atoms with Crippen molar-refractivity contribution in [3.05, 3.63) is 87.0 Å². The van der Waals surface area contributed by atoms with Crippen LogP contribution in [0.5, 0.6) is 0 Å². The lowest BCUT2D eigenvalue weighted by Crippen LogP contribution is -2.33. The number of pyridine rings is 2. The summed E-state index contributed by atoms with van der Waals surface area (Å²) in [5.74, 6) is -1.11. The number of aromatic nitrogens is 3. The highest BCUT2D eigenvalue weighted by Gasteiger charge is 2.21. The first-order valence-electron chi connectivity index (χ1n) is 10.9. The van der Waals surface area contributed by atoms with Crippen LogP contribution in [-0.2, 0) is 11.3 Å². The van der Waals surface area contributed by atoms with E-state index in [9.17, 15) is 19.2 Å². The fourth-order valence-corrected chi connectivity index (χ4v) is 4.21. The molecule has 0 spiro atoms. The number of fused-ring (bicyclic) bond motifs is 2. The van der Waals surface area contributed by atoms with Crippen LogP contribution >= 0.6 is 0 Å². The first kappa shape index (κ1) is 21.7. The maximum atomic E-state index is 13.3. The maximum absolute atomic E-state index is 13.3. The van der Waals surface area contributed by atoms with E-state index in [-0.39, 0.29) is 40.2 Å². The summed E-state index contributed by atoms with van der Waals surface area (Å²) in [6.45, 7) is 2.74. The van der Waals surface area contributed by atoms with E-state index < -0.39 is 11.7 Å². The second-order valence-electron chi connectivity index (χ2n) is 8.20. The van der Waals surface area contributed by atoms with Crippen LogP contribution in [0.3, 0.4) is 0 Å². The van der Waals surface area contributed by atoms with Crippen molar-refractivity contribution in [2.24, 2.45) is 4.99 Å². The van der Waals surface area contributed by atoms with Crippen LogP contribution in [0.25, 0.3) is 16.7 Å². The molecule has 4 aromatic rings. The molecule has 0 bridgehead atoms. The second kappa shape index (κ2) is 8.65. The smallest absolute Gasteiger partial charge is 0.278 e. The van der Waals surface area contributed by atoms with Gasteiger partial charge in [-0.1, -0.05) is 6.07 Å². The van der Waals surface area contributed by atoms with E-state index in [0.29, 0.717) is 17.9 Å². The van der Waals surface area contributed by atoms with Crippen LogP contribution in [0.4, 0.5) is 4.39 Å². The summed E-state index contributed by atoms with van der Waals surface area (Å²) in [5, 5.41) is 10.1. The van der Waals surface area contributed by atoms with E-state index in [0.717, 1.165) is 18.4 Å². The quantitative estimate of drug-likeness (QED) is 0.440. The molecule has 34 heavy (non-hydrogen) atoms. The van der Waals surface area contributed by atoms with Gasteiger partial charge in [0.2, 0.25) is 0 Å². The maximum Gasteiger partial charge on any atom is 0.278 e. The first-order chi connectivity index (χ1) is 16.5. The Morgan fingerprint density at radius 3 is 2.79 bits per heavy atom. The topological polar surface area (TPSA) is 102 Å². The van der Waals surface area contributed by atoms with Gasteiger partial charge < -0.3 is 9.30 Å². The Balaban J connectivity index is 1.84. The third-order valence-electron chi connectivity index (χ3n) is 5.93. The Morgan fingerprint density at radius 1 is 1.29 bits per heavy atom. The monoisotopic (exact) mass is 457 g/mol. The number of benzene rings is 1. The summed E-state index contributed by atoms with van der Waals surface area (Å²) < 4.78 is 22.2. The molecule has 4 heterocycles. The lowest BCUT2D eigenvalue weighted by molar-refractivity contribution is 0.0952. The normalized spacial score (nSPS) is 16.3. The summed E-state index contributed by atoms with van der Waals surface area (Å²) in [4.78, 5) is 35.2. The Kier molecular flexibility index (Phi) is 5.51. The zero-order chi connectivity index (χ0) is 23.8. The molecular formula is C25H20FN5O3. The molecule has 1 aromatic carbocycles. The van der Waals surface area contributed by atoms with Crippen molar-refractivity contribution in [2.45, 2.75) is 32.4 Å². The van der Waals surface area contributed by atoms with Crippen LogP contribution in [0.15, 0.2) is 58.4 Å². The van der Waals surface area contributed by atoms with Gasteiger partial charge in [0.15, 0.2) is 5.49 Å². The molecule has 0 aliphatic carbocycles. The molecule has 1 aliphatic rings. The van der Waals surface area contributed by atoms with E-state index in [1.807, 2.05) is 13.0 Å². The number of carbonyl (C=O) groups excluding carboxylic acids is 1. The zero-order valence-electron chi connectivity index (χ0n) is 18.4. The summed E-state index contributed by atoms with van der Waals surface area (Å²) in [7, 11) is 0. The minimum Gasteiger partial charge on any atom is -0.376 e. The van der Waals surface area contributed by atoms with Gasteiger partial charge in [0.1, 0.15) is 23.2 Å².